The zero-order valence-corrected chi connectivity index (χ0v) is 18.5. The van der Waals surface area contributed by atoms with Crippen LogP contribution in [0.3, 0.4) is 0 Å². The van der Waals surface area contributed by atoms with Crippen LogP contribution in [0.2, 0.25) is 5.02 Å². The molecule has 0 aliphatic rings. The van der Waals surface area contributed by atoms with E-state index in [2.05, 4.69) is 15.6 Å². The molecule has 4 nitrogen and oxygen atoms in total. The molecule has 1 aromatic heterocycles. The second-order valence-electron chi connectivity index (χ2n) is 7.23. The maximum Gasteiger partial charge on any atom is 0.256 e. The number of benzene rings is 4. The van der Waals surface area contributed by atoms with Gasteiger partial charge in [-0.3, -0.25) is 4.79 Å². The van der Waals surface area contributed by atoms with Crippen LogP contribution in [-0.4, -0.2) is 10.9 Å². The number of amides is 1. The predicted molar refractivity (Wildman–Crippen MR) is 134 cm³/mol. The number of thiazole rings is 1. The van der Waals surface area contributed by atoms with E-state index in [0.717, 1.165) is 38.5 Å². The molecule has 0 fully saturated rings. The zero-order valence-electron chi connectivity index (χ0n) is 16.9. The smallest absolute Gasteiger partial charge is 0.256 e. The van der Waals surface area contributed by atoms with Crippen molar-refractivity contribution in [2.45, 2.75) is 0 Å². The normalized spacial score (nSPS) is 10.8. The van der Waals surface area contributed by atoms with Gasteiger partial charge in [0.15, 0.2) is 5.13 Å². The fourth-order valence-corrected chi connectivity index (χ4v) is 4.36. The summed E-state index contributed by atoms with van der Waals surface area (Å²) in [6.45, 7) is 0. The largest absolute Gasteiger partial charge is 0.332 e. The molecular formula is C26H18ClN3OS. The van der Waals surface area contributed by atoms with Crippen molar-refractivity contribution in [3.63, 3.8) is 0 Å². The molecule has 0 unspecified atom stereocenters. The maximum absolute atomic E-state index is 13.0. The van der Waals surface area contributed by atoms with Gasteiger partial charge in [0, 0.05) is 32.9 Å². The number of fused-ring (bicyclic) bond motifs is 1. The number of rotatable bonds is 5. The van der Waals surface area contributed by atoms with E-state index < -0.39 is 0 Å². The Morgan fingerprint density at radius 1 is 0.844 bits per heavy atom. The fraction of sp³-hybridized carbons (Fsp3) is 0. The number of carbonyl (C=O) groups is 1. The van der Waals surface area contributed by atoms with Crippen molar-refractivity contribution in [3.05, 3.63) is 107 Å². The molecule has 0 saturated carbocycles. The lowest BCUT2D eigenvalue weighted by Crippen LogP contribution is -2.12. The summed E-state index contributed by atoms with van der Waals surface area (Å²) in [5.41, 5.74) is 4.07. The van der Waals surface area contributed by atoms with E-state index in [1.807, 2.05) is 96.4 Å². The summed E-state index contributed by atoms with van der Waals surface area (Å²) >= 11 is 7.47. The topological polar surface area (TPSA) is 54.0 Å². The minimum Gasteiger partial charge on any atom is -0.332 e. The second-order valence-corrected chi connectivity index (χ2v) is 8.53. The van der Waals surface area contributed by atoms with E-state index >= 15 is 0 Å². The molecule has 4 aromatic carbocycles. The SMILES string of the molecule is O=C(Nc1cccc(-c2csc(Nc3ccc(Cl)cc3)n2)c1)c1cccc2ccccc12. The molecule has 0 atom stereocenters. The minimum absolute atomic E-state index is 0.137. The van der Waals surface area contributed by atoms with Gasteiger partial charge in [0.05, 0.1) is 5.69 Å². The Balaban J connectivity index is 1.35. The summed E-state index contributed by atoms with van der Waals surface area (Å²) in [4.78, 5) is 17.6. The molecule has 1 amide bonds. The monoisotopic (exact) mass is 455 g/mol. The first-order valence-electron chi connectivity index (χ1n) is 10.0. The minimum atomic E-state index is -0.137. The van der Waals surface area contributed by atoms with Gasteiger partial charge in [0.25, 0.3) is 5.91 Å². The molecule has 5 aromatic rings. The van der Waals surface area contributed by atoms with Gasteiger partial charge in [-0.15, -0.1) is 11.3 Å². The third-order valence-electron chi connectivity index (χ3n) is 5.05. The lowest BCUT2D eigenvalue weighted by atomic mass is 10.0. The highest BCUT2D eigenvalue weighted by Crippen LogP contribution is 2.29. The van der Waals surface area contributed by atoms with Crippen LogP contribution in [0.5, 0.6) is 0 Å². The molecule has 5 rings (SSSR count). The summed E-state index contributed by atoms with van der Waals surface area (Å²) in [6.07, 6.45) is 0. The molecular weight excluding hydrogens is 438 g/mol. The molecule has 0 saturated heterocycles. The number of halogens is 1. The van der Waals surface area contributed by atoms with E-state index in [4.69, 9.17) is 11.6 Å². The Hall–Kier alpha value is -3.67. The van der Waals surface area contributed by atoms with Gasteiger partial charge in [0.1, 0.15) is 0 Å². The first kappa shape index (κ1) is 20.2. The van der Waals surface area contributed by atoms with E-state index in [1.54, 1.807) is 0 Å². The van der Waals surface area contributed by atoms with E-state index in [0.29, 0.717) is 10.6 Å². The van der Waals surface area contributed by atoms with Gasteiger partial charge in [-0.1, -0.05) is 60.1 Å². The van der Waals surface area contributed by atoms with Crippen LogP contribution in [0.25, 0.3) is 22.0 Å². The van der Waals surface area contributed by atoms with Crippen LogP contribution in [0.15, 0.2) is 96.4 Å². The molecule has 156 valence electrons. The number of nitrogens with zero attached hydrogens (tertiary/aromatic N) is 1. The standard InChI is InChI=1S/C26H18ClN3OS/c27-19-11-13-20(14-12-19)29-26-30-24(16-32-26)18-7-3-8-21(15-18)28-25(31)23-10-4-6-17-5-1-2-9-22(17)23/h1-16H,(H,28,31)(H,29,30). The number of anilines is 3. The average Bonchev–Trinajstić information content (AvgIpc) is 3.29. The van der Waals surface area contributed by atoms with Crippen molar-refractivity contribution < 1.29 is 4.79 Å². The molecule has 2 N–H and O–H groups in total. The van der Waals surface area contributed by atoms with Gasteiger partial charge < -0.3 is 10.6 Å². The number of hydrogen-bond donors (Lipinski definition) is 2. The third kappa shape index (κ3) is 4.35. The Bertz CT molecular complexity index is 1410. The Morgan fingerprint density at radius 3 is 2.50 bits per heavy atom. The molecule has 0 aliphatic carbocycles. The van der Waals surface area contributed by atoms with Crippen LogP contribution in [0.4, 0.5) is 16.5 Å². The van der Waals surface area contributed by atoms with Crippen molar-refractivity contribution in [2.24, 2.45) is 0 Å². The first-order valence-corrected chi connectivity index (χ1v) is 11.3. The maximum atomic E-state index is 13.0. The molecule has 0 bridgehead atoms. The fourth-order valence-electron chi connectivity index (χ4n) is 3.50. The van der Waals surface area contributed by atoms with Crippen LogP contribution < -0.4 is 10.6 Å². The lowest BCUT2D eigenvalue weighted by molar-refractivity contribution is 0.102. The van der Waals surface area contributed by atoms with E-state index in [1.165, 1.54) is 11.3 Å². The highest BCUT2D eigenvalue weighted by molar-refractivity contribution is 7.14. The van der Waals surface area contributed by atoms with Gasteiger partial charge in [0.2, 0.25) is 0 Å². The summed E-state index contributed by atoms with van der Waals surface area (Å²) in [7, 11) is 0. The van der Waals surface area contributed by atoms with Gasteiger partial charge >= 0.3 is 0 Å². The summed E-state index contributed by atoms with van der Waals surface area (Å²) in [5.74, 6) is -0.137. The number of aromatic nitrogens is 1. The molecule has 0 aliphatic heterocycles. The van der Waals surface area contributed by atoms with Crippen LogP contribution in [0, 0.1) is 0 Å². The molecule has 1 heterocycles. The summed E-state index contributed by atoms with van der Waals surface area (Å²) < 4.78 is 0. The highest BCUT2D eigenvalue weighted by atomic mass is 35.5. The van der Waals surface area contributed by atoms with Crippen LogP contribution in [0.1, 0.15) is 10.4 Å². The lowest BCUT2D eigenvalue weighted by Gasteiger charge is -2.09. The first-order chi connectivity index (χ1) is 15.7. The van der Waals surface area contributed by atoms with Crippen LogP contribution >= 0.6 is 22.9 Å². The van der Waals surface area contributed by atoms with Crippen molar-refractivity contribution in [1.29, 1.82) is 0 Å². The molecule has 0 radical (unpaired) electrons. The Kier molecular flexibility index (Phi) is 5.58. The number of nitrogens with one attached hydrogen (secondary N) is 2. The second kappa shape index (κ2) is 8.83. The molecule has 32 heavy (non-hydrogen) atoms. The van der Waals surface area contributed by atoms with Crippen molar-refractivity contribution in [1.82, 2.24) is 4.98 Å². The van der Waals surface area contributed by atoms with Gasteiger partial charge in [-0.2, -0.15) is 0 Å². The van der Waals surface area contributed by atoms with E-state index in [-0.39, 0.29) is 5.91 Å². The Morgan fingerprint density at radius 2 is 1.62 bits per heavy atom. The zero-order chi connectivity index (χ0) is 21.9. The molecule has 0 spiro atoms. The number of hydrogen-bond acceptors (Lipinski definition) is 4. The van der Waals surface area contributed by atoms with Crippen LogP contribution in [-0.2, 0) is 0 Å². The predicted octanol–water partition coefficient (Wildman–Crippen LogP) is 7.61. The highest BCUT2D eigenvalue weighted by Gasteiger charge is 2.11. The summed E-state index contributed by atoms with van der Waals surface area (Å²) in [5, 5.41) is 11.7. The van der Waals surface area contributed by atoms with Gasteiger partial charge in [-0.25, -0.2) is 4.98 Å². The third-order valence-corrected chi connectivity index (χ3v) is 6.06. The molecule has 6 heteroatoms. The Labute approximate surface area is 194 Å². The average molecular weight is 456 g/mol. The van der Waals surface area contributed by atoms with Crippen molar-refractivity contribution in [2.75, 3.05) is 10.6 Å². The van der Waals surface area contributed by atoms with E-state index in [9.17, 15) is 4.79 Å². The number of carbonyl (C=O) groups excluding carboxylic acids is 1. The quantitative estimate of drug-likeness (QED) is 0.286. The van der Waals surface area contributed by atoms with Gasteiger partial charge in [-0.05, 0) is 53.2 Å². The van der Waals surface area contributed by atoms with Crippen molar-refractivity contribution >= 4 is 56.1 Å². The summed E-state index contributed by atoms with van der Waals surface area (Å²) in [6, 6.07) is 28.8. The van der Waals surface area contributed by atoms with Crippen molar-refractivity contribution in [3.8, 4) is 11.3 Å².